The van der Waals surface area contributed by atoms with Crippen LogP contribution in [0.25, 0.3) is 11.0 Å². The van der Waals surface area contributed by atoms with Crippen LogP contribution in [-0.4, -0.2) is 18.5 Å². The molecular formula is C22H15FN2O6. The number of ether oxygens (including phenoxy) is 2. The third kappa shape index (κ3) is 2.37. The van der Waals surface area contributed by atoms with Gasteiger partial charge in [0.1, 0.15) is 28.0 Å². The lowest BCUT2D eigenvalue weighted by Crippen LogP contribution is -2.48. The van der Waals surface area contributed by atoms with Gasteiger partial charge in [0, 0.05) is 11.3 Å². The monoisotopic (exact) mass is 422 g/mol. The molecule has 2 aromatic carbocycles. The topological polar surface area (TPSA) is 121 Å². The number of esters is 1. The van der Waals surface area contributed by atoms with E-state index in [0.717, 1.165) is 12.1 Å². The van der Waals surface area contributed by atoms with Gasteiger partial charge in [0.25, 0.3) is 0 Å². The standard InChI is InChI=1S/C22H15FN2O6/c1-2-29-19(26)16-18(24)31-17-11-5-3-4-6-14(11)30-20(27)15(17)22(16)12-9-10(23)7-8-13(12)25-21(22)28/h3-9H,2,24H2,1H3,(H,25,28). The molecule has 31 heavy (non-hydrogen) atoms. The number of anilines is 1. The van der Waals surface area contributed by atoms with Crippen molar-refractivity contribution in [1.29, 1.82) is 0 Å². The number of nitrogens with two attached hydrogens (primary N) is 1. The van der Waals surface area contributed by atoms with Crippen molar-refractivity contribution in [1.82, 2.24) is 0 Å². The molecule has 156 valence electrons. The maximum atomic E-state index is 14.3. The summed E-state index contributed by atoms with van der Waals surface area (Å²) >= 11 is 0. The summed E-state index contributed by atoms with van der Waals surface area (Å²) in [6, 6.07) is 10.1. The van der Waals surface area contributed by atoms with E-state index in [1.807, 2.05) is 0 Å². The number of halogens is 1. The minimum atomic E-state index is -2.11. The van der Waals surface area contributed by atoms with Crippen LogP contribution in [0.15, 0.2) is 63.1 Å². The van der Waals surface area contributed by atoms with Crippen LogP contribution >= 0.6 is 0 Å². The normalized spacial score (nSPS) is 19.1. The maximum absolute atomic E-state index is 14.3. The Balaban J connectivity index is 1.98. The van der Waals surface area contributed by atoms with Crippen molar-refractivity contribution < 1.29 is 27.9 Å². The number of fused-ring (bicyclic) bond motifs is 6. The summed E-state index contributed by atoms with van der Waals surface area (Å²) in [7, 11) is 0. The summed E-state index contributed by atoms with van der Waals surface area (Å²) in [4.78, 5) is 39.6. The number of rotatable bonds is 2. The lowest BCUT2D eigenvalue weighted by atomic mass is 9.68. The molecule has 8 nitrogen and oxygen atoms in total. The molecule has 1 unspecified atom stereocenters. The first-order valence-electron chi connectivity index (χ1n) is 9.42. The molecule has 9 heteroatoms. The molecule has 1 amide bonds. The number of carbonyl (C=O) groups is 2. The van der Waals surface area contributed by atoms with Crippen molar-refractivity contribution in [2.45, 2.75) is 12.3 Å². The highest BCUT2D eigenvalue weighted by atomic mass is 19.1. The van der Waals surface area contributed by atoms with Gasteiger partial charge in [-0.25, -0.2) is 14.0 Å². The van der Waals surface area contributed by atoms with E-state index >= 15 is 0 Å². The van der Waals surface area contributed by atoms with Gasteiger partial charge in [-0.15, -0.1) is 0 Å². The summed E-state index contributed by atoms with van der Waals surface area (Å²) < 4.78 is 30.6. The summed E-state index contributed by atoms with van der Waals surface area (Å²) in [6.45, 7) is 1.55. The van der Waals surface area contributed by atoms with Crippen molar-refractivity contribution >= 4 is 28.5 Å². The number of para-hydroxylation sites is 1. The molecule has 0 saturated heterocycles. The van der Waals surface area contributed by atoms with Gasteiger partial charge in [-0.05, 0) is 37.3 Å². The zero-order valence-corrected chi connectivity index (χ0v) is 16.2. The molecule has 3 N–H and O–H groups in total. The Kier molecular flexibility index (Phi) is 3.91. The molecule has 2 aliphatic rings. The van der Waals surface area contributed by atoms with Crippen LogP contribution in [0.2, 0.25) is 0 Å². The second-order valence-corrected chi connectivity index (χ2v) is 7.05. The highest BCUT2D eigenvalue weighted by molar-refractivity contribution is 6.18. The van der Waals surface area contributed by atoms with Crippen LogP contribution in [0.4, 0.5) is 10.1 Å². The second kappa shape index (κ2) is 6.43. The fourth-order valence-electron chi connectivity index (χ4n) is 4.25. The van der Waals surface area contributed by atoms with Gasteiger partial charge in [0.05, 0.1) is 12.0 Å². The first-order chi connectivity index (χ1) is 14.9. The van der Waals surface area contributed by atoms with Crippen molar-refractivity contribution in [3.8, 4) is 5.75 Å². The highest BCUT2D eigenvalue weighted by Gasteiger charge is 2.61. The van der Waals surface area contributed by atoms with Crippen LogP contribution in [-0.2, 0) is 19.7 Å². The molecule has 0 aliphatic carbocycles. The maximum Gasteiger partial charge on any atom is 0.345 e. The van der Waals surface area contributed by atoms with Gasteiger partial charge in [0.2, 0.25) is 11.8 Å². The highest BCUT2D eigenvalue weighted by Crippen LogP contribution is 2.53. The van der Waals surface area contributed by atoms with Crippen LogP contribution in [0.1, 0.15) is 18.1 Å². The molecule has 1 spiro atoms. The minimum absolute atomic E-state index is 0.0253. The molecule has 5 rings (SSSR count). The summed E-state index contributed by atoms with van der Waals surface area (Å²) in [5.74, 6) is -2.87. The molecule has 0 saturated carbocycles. The lowest BCUT2D eigenvalue weighted by Gasteiger charge is -2.34. The van der Waals surface area contributed by atoms with E-state index < -0.39 is 40.2 Å². The number of nitrogens with one attached hydrogen (secondary N) is 1. The molecule has 1 aromatic heterocycles. The van der Waals surface area contributed by atoms with E-state index in [0.29, 0.717) is 5.39 Å². The molecule has 1 atom stereocenters. The van der Waals surface area contributed by atoms with Gasteiger partial charge in [-0.2, -0.15) is 0 Å². The van der Waals surface area contributed by atoms with E-state index in [-0.39, 0.29) is 34.8 Å². The van der Waals surface area contributed by atoms with Crippen LogP contribution < -0.4 is 21.4 Å². The average Bonchev–Trinajstić information content (AvgIpc) is 3.00. The van der Waals surface area contributed by atoms with Gasteiger partial charge in [-0.3, -0.25) is 4.79 Å². The number of benzene rings is 2. The Hall–Kier alpha value is -4.14. The summed E-state index contributed by atoms with van der Waals surface area (Å²) in [5.41, 5.74) is 2.88. The predicted molar refractivity (Wildman–Crippen MR) is 107 cm³/mol. The van der Waals surface area contributed by atoms with Crippen molar-refractivity contribution in [2.75, 3.05) is 11.9 Å². The van der Waals surface area contributed by atoms with Crippen LogP contribution in [0.5, 0.6) is 5.75 Å². The fraction of sp³-hybridized carbons (Fsp3) is 0.136. The SMILES string of the molecule is CCOC(=O)C1=C(N)Oc2c(c(=O)oc3ccccc23)C12C(=O)Nc1ccc(F)cc12. The molecule has 0 bridgehead atoms. The van der Waals surface area contributed by atoms with E-state index in [1.54, 1.807) is 31.2 Å². The molecular weight excluding hydrogens is 407 g/mol. The van der Waals surface area contributed by atoms with Gasteiger partial charge >= 0.3 is 11.6 Å². The van der Waals surface area contributed by atoms with Crippen molar-refractivity contribution in [2.24, 2.45) is 5.73 Å². The van der Waals surface area contributed by atoms with Gasteiger partial charge < -0.3 is 24.9 Å². The van der Waals surface area contributed by atoms with Crippen LogP contribution in [0.3, 0.4) is 0 Å². The number of hydrogen-bond acceptors (Lipinski definition) is 7. The Morgan fingerprint density at radius 2 is 2.00 bits per heavy atom. The lowest BCUT2D eigenvalue weighted by molar-refractivity contribution is -0.140. The minimum Gasteiger partial charge on any atom is -0.462 e. The zero-order valence-electron chi connectivity index (χ0n) is 16.2. The fourth-order valence-corrected chi connectivity index (χ4v) is 4.25. The zero-order chi connectivity index (χ0) is 21.9. The second-order valence-electron chi connectivity index (χ2n) is 7.05. The number of amides is 1. The Morgan fingerprint density at radius 1 is 1.23 bits per heavy atom. The van der Waals surface area contributed by atoms with Crippen LogP contribution in [0, 0.1) is 5.82 Å². The molecule has 0 radical (unpaired) electrons. The van der Waals surface area contributed by atoms with E-state index in [2.05, 4.69) is 5.32 Å². The summed E-state index contributed by atoms with van der Waals surface area (Å²) in [5, 5.41) is 2.97. The molecule has 3 aromatic rings. The quantitative estimate of drug-likeness (QED) is 0.480. The third-order valence-electron chi connectivity index (χ3n) is 5.43. The van der Waals surface area contributed by atoms with Crippen molar-refractivity contribution in [3.05, 3.63) is 81.3 Å². The average molecular weight is 422 g/mol. The first kappa shape index (κ1) is 18.9. The van der Waals surface area contributed by atoms with E-state index in [9.17, 15) is 18.8 Å². The third-order valence-corrected chi connectivity index (χ3v) is 5.43. The van der Waals surface area contributed by atoms with Gasteiger partial charge in [0.15, 0.2) is 5.75 Å². The predicted octanol–water partition coefficient (Wildman–Crippen LogP) is 2.30. The Labute approximate surface area is 174 Å². The van der Waals surface area contributed by atoms with E-state index in [1.165, 1.54) is 6.07 Å². The Morgan fingerprint density at radius 3 is 2.77 bits per heavy atom. The molecule has 0 fully saturated rings. The first-order valence-corrected chi connectivity index (χ1v) is 9.42. The Bertz CT molecular complexity index is 1390. The summed E-state index contributed by atoms with van der Waals surface area (Å²) in [6.07, 6.45) is 0. The van der Waals surface area contributed by atoms with Crippen molar-refractivity contribution in [3.63, 3.8) is 0 Å². The largest absolute Gasteiger partial charge is 0.462 e. The van der Waals surface area contributed by atoms with Gasteiger partial charge in [-0.1, -0.05) is 12.1 Å². The molecule has 2 aliphatic heterocycles. The number of carbonyl (C=O) groups excluding carboxylic acids is 2. The molecule has 3 heterocycles. The smallest absolute Gasteiger partial charge is 0.345 e. The number of hydrogen-bond donors (Lipinski definition) is 2. The van der Waals surface area contributed by atoms with E-state index in [4.69, 9.17) is 19.6 Å².